The lowest BCUT2D eigenvalue weighted by atomic mass is 10.0. The SMILES string of the molecule is O=C(Cc1ccc(F)c(Cl)c1)C1CCCN1. The number of carbonyl (C=O) groups excluding carboxylic acids is 1. The molecule has 1 aromatic carbocycles. The van der Waals surface area contributed by atoms with Crippen molar-refractivity contribution < 1.29 is 9.18 Å². The third kappa shape index (κ3) is 2.60. The van der Waals surface area contributed by atoms with Gasteiger partial charge in [-0.3, -0.25) is 4.79 Å². The molecule has 1 fully saturated rings. The maximum Gasteiger partial charge on any atom is 0.154 e. The van der Waals surface area contributed by atoms with E-state index < -0.39 is 5.82 Å². The highest BCUT2D eigenvalue weighted by Crippen LogP contribution is 2.17. The summed E-state index contributed by atoms with van der Waals surface area (Å²) in [4.78, 5) is 11.8. The van der Waals surface area contributed by atoms with Gasteiger partial charge in [0.25, 0.3) is 0 Å². The lowest BCUT2D eigenvalue weighted by molar-refractivity contribution is -0.120. The Morgan fingerprint density at radius 2 is 2.38 bits per heavy atom. The second-order valence-corrected chi connectivity index (χ2v) is 4.45. The van der Waals surface area contributed by atoms with Crippen molar-refractivity contribution in [3.05, 3.63) is 34.6 Å². The Bertz CT molecular complexity index is 402. The largest absolute Gasteiger partial charge is 0.307 e. The zero-order chi connectivity index (χ0) is 11.5. The fourth-order valence-electron chi connectivity index (χ4n) is 1.93. The van der Waals surface area contributed by atoms with E-state index in [-0.39, 0.29) is 16.8 Å². The number of nitrogens with one attached hydrogen (secondary N) is 1. The lowest BCUT2D eigenvalue weighted by Crippen LogP contribution is -2.31. The Balaban J connectivity index is 2.02. The molecule has 1 aliphatic rings. The first-order chi connectivity index (χ1) is 7.66. The monoisotopic (exact) mass is 241 g/mol. The van der Waals surface area contributed by atoms with E-state index in [2.05, 4.69) is 5.32 Å². The van der Waals surface area contributed by atoms with Crippen LogP contribution in [0.1, 0.15) is 18.4 Å². The van der Waals surface area contributed by atoms with Crippen molar-refractivity contribution in [3.8, 4) is 0 Å². The summed E-state index contributed by atoms with van der Waals surface area (Å²) in [6.07, 6.45) is 2.26. The molecule has 1 aromatic rings. The van der Waals surface area contributed by atoms with Crippen LogP contribution in [-0.4, -0.2) is 18.4 Å². The quantitative estimate of drug-likeness (QED) is 0.880. The maximum absolute atomic E-state index is 12.9. The van der Waals surface area contributed by atoms with Crippen LogP contribution in [0, 0.1) is 5.82 Å². The number of benzene rings is 1. The van der Waals surface area contributed by atoms with Crippen molar-refractivity contribution in [2.75, 3.05) is 6.54 Å². The maximum atomic E-state index is 12.9. The van der Waals surface area contributed by atoms with E-state index in [0.29, 0.717) is 6.42 Å². The van der Waals surface area contributed by atoms with Crippen LogP contribution in [0.15, 0.2) is 18.2 Å². The van der Waals surface area contributed by atoms with Gasteiger partial charge in [-0.25, -0.2) is 4.39 Å². The zero-order valence-corrected chi connectivity index (χ0v) is 9.56. The molecule has 1 saturated heterocycles. The topological polar surface area (TPSA) is 29.1 Å². The summed E-state index contributed by atoms with van der Waals surface area (Å²) in [5.41, 5.74) is 0.769. The second kappa shape index (κ2) is 4.93. The van der Waals surface area contributed by atoms with E-state index in [1.807, 2.05) is 0 Å². The molecule has 4 heteroatoms. The summed E-state index contributed by atoms with van der Waals surface area (Å²) in [7, 11) is 0. The van der Waals surface area contributed by atoms with E-state index >= 15 is 0 Å². The molecule has 0 amide bonds. The minimum absolute atomic E-state index is 0.0381. The van der Waals surface area contributed by atoms with Crippen LogP contribution in [0.4, 0.5) is 4.39 Å². The number of rotatable bonds is 3. The highest BCUT2D eigenvalue weighted by Gasteiger charge is 2.21. The van der Waals surface area contributed by atoms with Crippen LogP contribution in [0.25, 0.3) is 0 Å². The highest BCUT2D eigenvalue weighted by molar-refractivity contribution is 6.30. The molecular formula is C12H13ClFNO. The Morgan fingerprint density at radius 3 is 3.00 bits per heavy atom. The molecule has 16 heavy (non-hydrogen) atoms. The van der Waals surface area contributed by atoms with Gasteiger partial charge in [0.15, 0.2) is 5.78 Å². The Hall–Kier alpha value is -0.930. The number of halogens is 2. The molecule has 1 aliphatic heterocycles. The average Bonchev–Trinajstić information content (AvgIpc) is 2.77. The molecule has 1 heterocycles. The molecule has 0 saturated carbocycles. The molecule has 0 spiro atoms. The van der Waals surface area contributed by atoms with Crippen molar-refractivity contribution in [3.63, 3.8) is 0 Å². The van der Waals surface area contributed by atoms with Crippen LogP contribution in [0.3, 0.4) is 0 Å². The summed E-state index contributed by atoms with van der Waals surface area (Å²) >= 11 is 5.66. The minimum atomic E-state index is -0.447. The van der Waals surface area contributed by atoms with E-state index in [1.165, 1.54) is 12.1 Å². The third-order valence-corrected chi connectivity index (χ3v) is 3.10. The van der Waals surface area contributed by atoms with Gasteiger partial charge >= 0.3 is 0 Å². The summed E-state index contributed by atoms with van der Waals surface area (Å²) < 4.78 is 12.9. The average molecular weight is 242 g/mol. The first-order valence-corrected chi connectivity index (χ1v) is 5.74. The van der Waals surface area contributed by atoms with E-state index in [0.717, 1.165) is 24.9 Å². The second-order valence-electron chi connectivity index (χ2n) is 4.04. The van der Waals surface area contributed by atoms with Crippen molar-refractivity contribution in [1.82, 2.24) is 5.32 Å². The van der Waals surface area contributed by atoms with Crippen molar-refractivity contribution in [2.24, 2.45) is 0 Å². The molecule has 2 nitrogen and oxygen atoms in total. The molecule has 0 aromatic heterocycles. The van der Waals surface area contributed by atoms with E-state index in [1.54, 1.807) is 6.07 Å². The van der Waals surface area contributed by atoms with Gasteiger partial charge in [-0.05, 0) is 37.1 Å². The van der Waals surface area contributed by atoms with E-state index in [4.69, 9.17) is 11.6 Å². The minimum Gasteiger partial charge on any atom is -0.307 e. The molecule has 0 radical (unpaired) electrons. The van der Waals surface area contributed by atoms with Gasteiger partial charge in [-0.1, -0.05) is 17.7 Å². The van der Waals surface area contributed by atoms with E-state index in [9.17, 15) is 9.18 Å². The van der Waals surface area contributed by atoms with Crippen LogP contribution in [-0.2, 0) is 11.2 Å². The number of ketones is 1. The predicted molar refractivity (Wildman–Crippen MR) is 61.1 cm³/mol. The lowest BCUT2D eigenvalue weighted by Gasteiger charge is -2.09. The van der Waals surface area contributed by atoms with Gasteiger partial charge in [0.2, 0.25) is 0 Å². The number of hydrogen-bond acceptors (Lipinski definition) is 2. The normalized spacial score (nSPS) is 20.0. The molecule has 1 atom stereocenters. The summed E-state index contributed by atoms with van der Waals surface area (Å²) in [5.74, 6) is -0.294. The molecule has 0 bridgehead atoms. The van der Waals surface area contributed by atoms with Crippen LogP contribution in [0.5, 0.6) is 0 Å². The first-order valence-electron chi connectivity index (χ1n) is 5.37. The molecule has 1 unspecified atom stereocenters. The summed E-state index contributed by atoms with van der Waals surface area (Å²) in [6.45, 7) is 0.903. The van der Waals surface area contributed by atoms with Gasteiger partial charge in [0, 0.05) is 6.42 Å². The fraction of sp³-hybridized carbons (Fsp3) is 0.417. The van der Waals surface area contributed by atoms with Gasteiger partial charge in [-0.15, -0.1) is 0 Å². The van der Waals surface area contributed by atoms with Crippen LogP contribution >= 0.6 is 11.6 Å². The fourth-order valence-corrected chi connectivity index (χ4v) is 2.14. The summed E-state index contributed by atoms with van der Waals surface area (Å²) in [5, 5.41) is 3.22. The standard InChI is InChI=1S/C12H13ClFNO/c13-9-6-8(3-4-10(9)14)7-12(16)11-2-1-5-15-11/h3-4,6,11,15H,1-2,5,7H2. The smallest absolute Gasteiger partial charge is 0.154 e. The molecule has 1 N–H and O–H groups in total. The predicted octanol–water partition coefficient (Wildman–Crippen LogP) is 2.34. The molecule has 0 aliphatic carbocycles. The van der Waals surface area contributed by atoms with Gasteiger partial charge in [0.05, 0.1) is 11.1 Å². The van der Waals surface area contributed by atoms with Gasteiger partial charge in [0.1, 0.15) is 5.82 Å². The Morgan fingerprint density at radius 1 is 1.56 bits per heavy atom. The molecule has 2 rings (SSSR count). The van der Waals surface area contributed by atoms with Gasteiger partial charge < -0.3 is 5.32 Å². The third-order valence-electron chi connectivity index (χ3n) is 2.81. The van der Waals surface area contributed by atoms with Crippen LogP contribution < -0.4 is 5.32 Å². The Kier molecular flexibility index (Phi) is 3.56. The van der Waals surface area contributed by atoms with Crippen LogP contribution in [0.2, 0.25) is 5.02 Å². The van der Waals surface area contributed by atoms with Gasteiger partial charge in [-0.2, -0.15) is 0 Å². The number of carbonyl (C=O) groups is 1. The van der Waals surface area contributed by atoms with Crippen molar-refractivity contribution in [2.45, 2.75) is 25.3 Å². The summed E-state index contributed by atoms with van der Waals surface area (Å²) in [6, 6.07) is 4.38. The zero-order valence-electron chi connectivity index (χ0n) is 8.80. The Labute approximate surface area is 98.8 Å². The molecular weight excluding hydrogens is 229 g/mol. The van der Waals surface area contributed by atoms with Crippen molar-refractivity contribution in [1.29, 1.82) is 0 Å². The highest BCUT2D eigenvalue weighted by atomic mass is 35.5. The van der Waals surface area contributed by atoms with Crippen molar-refractivity contribution >= 4 is 17.4 Å². The molecule has 86 valence electrons. The number of Topliss-reactive ketones (excluding diaryl/α,β-unsaturated/α-hetero) is 1. The first kappa shape index (κ1) is 11.6. The number of hydrogen-bond donors (Lipinski definition) is 1.